The van der Waals surface area contributed by atoms with Crippen LogP contribution in [0.2, 0.25) is 0 Å². The summed E-state index contributed by atoms with van der Waals surface area (Å²) < 4.78 is 4.92. The van der Waals surface area contributed by atoms with E-state index in [-0.39, 0.29) is 39.1 Å². The Morgan fingerprint density at radius 3 is 2.20 bits per heavy atom. The zero-order chi connectivity index (χ0) is 28.9. The van der Waals surface area contributed by atoms with E-state index >= 15 is 0 Å². The molecule has 5 aliphatic rings. The first-order valence-corrected chi connectivity index (χ1v) is 15.9. The molecule has 6 rings (SSSR count). The number of carbonyl (C=O) groups is 2. The Balaban J connectivity index is 1.34. The molecule has 0 heterocycles. The molecule has 0 bridgehead atoms. The molecule has 218 valence electrons. The van der Waals surface area contributed by atoms with Crippen molar-refractivity contribution < 1.29 is 14.3 Å². The third-order valence-electron chi connectivity index (χ3n) is 14.2. The number of esters is 1. The van der Waals surface area contributed by atoms with Crippen molar-refractivity contribution in [2.24, 2.45) is 57.0 Å². The predicted octanol–water partition coefficient (Wildman–Crippen LogP) is 7.85. The number of fused-ring (bicyclic) bond motifs is 7. The van der Waals surface area contributed by atoms with Gasteiger partial charge in [-0.25, -0.2) is 4.79 Å². The summed E-state index contributed by atoms with van der Waals surface area (Å²) >= 11 is 0. The third-order valence-corrected chi connectivity index (χ3v) is 14.2. The van der Waals surface area contributed by atoms with Gasteiger partial charge in [0.2, 0.25) is 0 Å². The van der Waals surface area contributed by atoms with E-state index in [1.807, 2.05) is 19.1 Å². The lowest BCUT2D eigenvalue weighted by Crippen LogP contribution is -2.67. The summed E-state index contributed by atoms with van der Waals surface area (Å²) in [6.07, 6.45) is 12.9. The van der Waals surface area contributed by atoms with Crippen molar-refractivity contribution in [3.8, 4) is 0 Å². The molecule has 9 atom stereocenters. The van der Waals surface area contributed by atoms with Crippen molar-refractivity contribution >= 4 is 17.3 Å². The second-order valence-electron chi connectivity index (χ2n) is 15.8. The maximum Gasteiger partial charge on any atom is 0.337 e. The fourth-order valence-corrected chi connectivity index (χ4v) is 12.1. The molecule has 9 unspecified atom stereocenters. The highest BCUT2D eigenvalue weighted by atomic mass is 16.5. The van der Waals surface area contributed by atoms with Crippen LogP contribution in [-0.4, -0.2) is 24.4 Å². The predicted molar refractivity (Wildman–Crippen MR) is 160 cm³/mol. The second-order valence-corrected chi connectivity index (χ2v) is 15.8. The van der Waals surface area contributed by atoms with Crippen LogP contribution in [0.15, 0.2) is 30.3 Å². The van der Waals surface area contributed by atoms with E-state index in [1.54, 1.807) is 0 Å². The number of ketones is 1. The summed E-state index contributed by atoms with van der Waals surface area (Å²) in [6, 6.07) is 8.03. The Morgan fingerprint density at radius 2 is 1.55 bits per heavy atom. The van der Waals surface area contributed by atoms with Gasteiger partial charge in [-0.2, -0.15) is 0 Å². The number of rotatable bonds is 3. The Bertz CT molecular complexity index is 1250. The molecule has 1 aromatic carbocycles. The number of methoxy groups -OCH3 is 1. The van der Waals surface area contributed by atoms with Crippen LogP contribution in [0.1, 0.15) is 115 Å². The zero-order valence-corrected chi connectivity index (χ0v) is 25.9. The summed E-state index contributed by atoms with van der Waals surface area (Å²) in [7, 11) is 1.43. The number of hydrogen-bond donors (Lipinski definition) is 1. The highest BCUT2D eigenvalue weighted by molar-refractivity contribution is 5.90. The van der Waals surface area contributed by atoms with Gasteiger partial charge in [0.25, 0.3) is 0 Å². The third kappa shape index (κ3) is 3.59. The van der Waals surface area contributed by atoms with Gasteiger partial charge in [0.1, 0.15) is 5.78 Å². The van der Waals surface area contributed by atoms with E-state index in [2.05, 4.69) is 52.8 Å². The molecule has 2 N–H and O–H groups in total. The van der Waals surface area contributed by atoms with Crippen molar-refractivity contribution in [2.75, 3.05) is 7.11 Å². The molecular weight excluding hydrogens is 494 g/mol. The van der Waals surface area contributed by atoms with E-state index in [1.165, 1.54) is 50.4 Å². The van der Waals surface area contributed by atoms with Gasteiger partial charge in [-0.3, -0.25) is 4.79 Å². The highest BCUT2D eigenvalue weighted by Crippen LogP contribution is 2.76. The molecule has 0 aromatic heterocycles. The molecular formula is C36H51NO3. The van der Waals surface area contributed by atoms with E-state index in [9.17, 15) is 9.59 Å². The summed E-state index contributed by atoms with van der Waals surface area (Å²) in [4.78, 5) is 24.8. The molecule has 40 heavy (non-hydrogen) atoms. The molecule has 0 saturated heterocycles. The smallest absolute Gasteiger partial charge is 0.337 e. The topological polar surface area (TPSA) is 69.4 Å². The Morgan fingerprint density at radius 1 is 0.850 bits per heavy atom. The maximum absolute atomic E-state index is 12.8. The lowest BCUT2D eigenvalue weighted by molar-refractivity contribution is -0.218. The minimum atomic E-state index is -0.284. The minimum absolute atomic E-state index is 0.0447. The minimum Gasteiger partial charge on any atom is -0.465 e. The summed E-state index contributed by atoms with van der Waals surface area (Å²) in [5.74, 6) is 2.43. The second kappa shape index (κ2) is 9.03. The number of carbonyl (C=O) groups excluding carboxylic acids is 2. The first-order chi connectivity index (χ1) is 18.7. The number of allylic oxidation sites excluding steroid dienone is 2. The number of benzene rings is 1. The van der Waals surface area contributed by atoms with Crippen LogP contribution in [0, 0.1) is 51.2 Å². The largest absolute Gasteiger partial charge is 0.465 e. The molecule has 4 fully saturated rings. The van der Waals surface area contributed by atoms with Gasteiger partial charge in [-0.15, -0.1) is 0 Å². The van der Waals surface area contributed by atoms with Crippen molar-refractivity contribution in [3.05, 3.63) is 41.5 Å². The summed E-state index contributed by atoms with van der Waals surface area (Å²) in [5, 5.41) is 0. The van der Waals surface area contributed by atoms with Crippen LogP contribution in [0.25, 0.3) is 5.57 Å². The molecule has 1 aromatic rings. The van der Waals surface area contributed by atoms with Crippen LogP contribution < -0.4 is 5.73 Å². The quantitative estimate of drug-likeness (QED) is 0.393. The van der Waals surface area contributed by atoms with Crippen LogP contribution in [-0.2, 0) is 9.53 Å². The van der Waals surface area contributed by atoms with Crippen LogP contribution >= 0.6 is 0 Å². The van der Waals surface area contributed by atoms with Gasteiger partial charge < -0.3 is 10.5 Å². The molecule has 5 aliphatic carbocycles. The van der Waals surface area contributed by atoms with E-state index in [0.29, 0.717) is 35.0 Å². The first-order valence-electron chi connectivity index (χ1n) is 15.9. The van der Waals surface area contributed by atoms with Crippen molar-refractivity contribution in [1.29, 1.82) is 0 Å². The Kier molecular flexibility index (Phi) is 6.36. The Hall–Kier alpha value is -1.94. The van der Waals surface area contributed by atoms with Crippen LogP contribution in [0.5, 0.6) is 0 Å². The normalized spacial score (nSPS) is 45.3. The number of hydrogen-bond acceptors (Lipinski definition) is 4. The highest BCUT2D eigenvalue weighted by Gasteiger charge is 2.70. The van der Waals surface area contributed by atoms with E-state index in [4.69, 9.17) is 10.5 Å². The van der Waals surface area contributed by atoms with E-state index < -0.39 is 0 Å². The lowest BCUT2D eigenvalue weighted by atomic mass is 9.33. The van der Waals surface area contributed by atoms with Gasteiger partial charge >= 0.3 is 5.97 Å². The number of ether oxygens (including phenoxy) is 1. The molecule has 0 aliphatic heterocycles. The lowest BCUT2D eigenvalue weighted by Gasteiger charge is -2.72. The molecule has 0 spiro atoms. The molecule has 0 amide bonds. The number of Topliss-reactive ketones (excluding diaryl/α,β-unsaturated/α-hetero) is 1. The molecule has 4 nitrogen and oxygen atoms in total. The average molecular weight is 546 g/mol. The van der Waals surface area contributed by atoms with Gasteiger partial charge in [0.15, 0.2) is 0 Å². The van der Waals surface area contributed by atoms with Crippen LogP contribution in [0.3, 0.4) is 0 Å². The first kappa shape index (κ1) is 28.2. The van der Waals surface area contributed by atoms with Gasteiger partial charge in [-0.05, 0) is 133 Å². The van der Waals surface area contributed by atoms with Gasteiger partial charge in [-0.1, -0.05) is 52.8 Å². The van der Waals surface area contributed by atoms with Gasteiger partial charge in [0.05, 0.1) is 12.7 Å². The molecule has 4 heteroatoms. The van der Waals surface area contributed by atoms with Crippen molar-refractivity contribution in [2.45, 2.75) is 105 Å². The van der Waals surface area contributed by atoms with Crippen LogP contribution in [0.4, 0.5) is 0 Å². The van der Waals surface area contributed by atoms with Crippen molar-refractivity contribution in [3.63, 3.8) is 0 Å². The fraction of sp³-hybridized carbons (Fsp3) is 0.722. The summed E-state index contributed by atoms with van der Waals surface area (Å²) in [6.45, 7) is 14.6. The standard InChI is InChI=1S/C36H51NO3/c1-22(38)25-14-19-36(37)21-20-34(5)27(30(25)36)12-13-29-33(4)17-15-26(23-8-10-24(11-9-23)31(39)40-7)32(2,3)28(33)16-18-35(29,34)6/h8-11,15,25,27-30H,12-14,16-21,37H2,1-7H3. The fourth-order valence-electron chi connectivity index (χ4n) is 12.1. The summed E-state index contributed by atoms with van der Waals surface area (Å²) in [5.41, 5.74) is 11.1. The number of nitrogens with two attached hydrogens (primary N) is 1. The molecule has 0 radical (unpaired) electrons. The molecule has 4 saturated carbocycles. The maximum atomic E-state index is 12.8. The Labute approximate surface area is 241 Å². The van der Waals surface area contributed by atoms with E-state index in [0.717, 1.165) is 25.7 Å². The zero-order valence-electron chi connectivity index (χ0n) is 25.9. The monoisotopic (exact) mass is 545 g/mol. The van der Waals surface area contributed by atoms with Gasteiger partial charge in [0, 0.05) is 11.5 Å². The average Bonchev–Trinajstić information content (AvgIpc) is 3.26. The van der Waals surface area contributed by atoms with Crippen molar-refractivity contribution in [1.82, 2.24) is 0 Å². The SMILES string of the molecule is COC(=O)c1ccc(C2=CCC3(C)C(CCC4(C)C3CCC3C5C(C(C)=O)CCC5(N)CCC34C)C2(C)C)cc1.